The molecular formula is C10H6ClF3N2O. The Kier molecular flexibility index (Phi) is 3.06. The lowest BCUT2D eigenvalue weighted by Gasteiger charge is -1.98. The van der Waals surface area contributed by atoms with E-state index in [2.05, 4.69) is 10.1 Å². The molecule has 7 heteroatoms. The summed E-state index contributed by atoms with van der Waals surface area (Å²) in [6.07, 6.45) is 0. The first-order valence-corrected chi connectivity index (χ1v) is 5.05. The van der Waals surface area contributed by atoms with Crippen LogP contribution >= 0.6 is 11.6 Å². The molecule has 0 aliphatic carbocycles. The van der Waals surface area contributed by atoms with Crippen LogP contribution in [0.1, 0.15) is 18.1 Å². The predicted octanol–water partition coefficient (Wildman–Crippen LogP) is 3.45. The molecule has 0 saturated heterocycles. The summed E-state index contributed by atoms with van der Waals surface area (Å²) in [7, 11) is 0. The van der Waals surface area contributed by atoms with E-state index < -0.39 is 22.8 Å². The van der Waals surface area contributed by atoms with Crippen molar-refractivity contribution < 1.29 is 17.7 Å². The number of benzene rings is 1. The van der Waals surface area contributed by atoms with Crippen LogP contribution < -0.4 is 0 Å². The topological polar surface area (TPSA) is 38.9 Å². The first-order chi connectivity index (χ1) is 7.99. The molecule has 1 aromatic carbocycles. The number of halogens is 4. The first-order valence-electron chi connectivity index (χ1n) is 4.61. The molecular weight excluding hydrogens is 257 g/mol. The van der Waals surface area contributed by atoms with Gasteiger partial charge < -0.3 is 4.52 Å². The van der Waals surface area contributed by atoms with E-state index in [0.29, 0.717) is 0 Å². The molecule has 1 atom stereocenters. The second kappa shape index (κ2) is 4.37. The van der Waals surface area contributed by atoms with Gasteiger partial charge in [0.05, 0.1) is 5.38 Å². The van der Waals surface area contributed by atoms with Crippen LogP contribution in [0.2, 0.25) is 0 Å². The van der Waals surface area contributed by atoms with E-state index >= 15 is 0 Å². The lowest BCUT2D eigenvalue weighted by atomic mass is 10.2. The van der Waals surface area contributed by atoms with Crippen molar-refractivity contribution in [2.24, 2.45) is 0 Å². The van der Waals surface area contributed by atoms with E-state index in [-0.39, 0.29) is 17.3 Å². The fourth-order valence-corrected chi connectivity index (χ4v) is 1.28. The Bertz CT molecular complexity index is 533. The highest BCUT2D eigenvalue weighted by atomic mass is 35.5. The maximum absolute atomic E-state index is 13.0. The van der Waals surface area contributed by atoms with Crippen LogP contribution in [-0.4, -0.2) is 10.1 Å². The molecule has 0 amide bonds. The number of nitrogens with zero attached hydrogens (tertiary/aromatic N) is 2. The molecule has 1 heterocycles. The van der Waals surface area contributed by atoms with Gasteiger partial charge in [0.25, 0.3) is 5.89 Å². The molecule has 0 radical (unpaired) electrons. The molecule has 0 N–H and O–H groups in total. The van der Waals surface area contributed by atoms with Gasteiger partial charge in [0, 0.05) is 5.56 Å². The molecule has 17 heavy (non-hydrogen) atoms. The largest absolute Gasteiger partial charge is 0.334 e. The van der Waals surface area contributed by atoms with Gasteiger partial charge in [-0.3, -0.25) is 0 Å². The van der Waals surface area contributed by atoms with Gasteiger partial charge in [0.2, 0.25) is 0 Å². The van der Waals surface area contributed by atoms with Crippen molar-refractivity contribution in [1.29, 1.82) is 0 Å². The summed E-state index contributed by atoms with van der Waals surface area (Å²) in [6, 6.07) is 1.54. The molecule has 3 nitrogen and oxygen atoms in total. The molecule has 0 aliphatic rings. The molecule has 0 saturated carbocycles. The van der Waals surface area contributed by atoms with Gasteiger partial charge in [-0.1, -0.05) is 5.16 Å². The monoisotopic (exact) mass is 262 g/mol. The summed E-state index contributed by atoms with van der Waals surface area (Å²) in [4.78, 5) is 3.83. The molecule has 2 rings (SSSR count). The Balaban J connectivity index is 2.46. The van der Waals surface area contributed by atoms with Crippen molar-refractivity contribution in [3.8, 4) is 11.5 Å². The fourth-order valence-electron chi connectivity index (χ4n) is 1.19. The van der Waals surface area contributed by atoms with E-state index in [1.807, 2.05) is 0 Å². The van der Waals surface area contributed by atoms with Gasteiger partial charge in [-0.05, 0) is 19.1 Å². The lowest BCUT2D eigenvalue weighted by Crippen LogP contribution is -1.92. The van der Waals surface area contributed by atoms with Crippen LogP contribution in [0.3, 0.4) is 0 Å². The third-order valence-corrected chi connectivity index (χ3v) is 2.22. The normalized spacial score (nSPS) is 12.8. The minimum atomic E-state index is -1.54. The second-order valence-corrected chi connectivity index (χ2v) is 3.98. The van der Waals surface area contributed by atoms with Crippen LogP contribution in [0.15, 0.2) is 16.7 Å². The maximum atomic E-state index is 13.0. The van der Waals surface area contributed by atoms with Crippen molar-refractivity contribution in [2.45, 2.75) is 12.3 Å². The first kappa shape index (κ1) is 11.9. The SMILES string of the molecule is CC(Cl)c1noc(-c2cc(F)c(F)c(F)c2)n1. The highest BCUT2D eigenvalue weighted by molar-refractivity contribution is 6.20. The molecule has 0 fully saturated rings. The minimum Gasteiger partial charge on any atom is -0.334 e. The zero-order chi connectivity index (χ0) is 12.6. The molecule has 0 aliphatic heterocycles. The van der Waals surface area contributed by atoms with E-state index in [1.165, 1.54) is 0 Å². The minimum absolute atomic E-state index is 0.0440. The quantitative estimate of drug-likeness (QED) is 0.615. The Morgan fingerprint density at radius 1 is 1.24 bits per heavy atom. The molecule has 1 unspecified atom stereocenters. The van der Waals surface area contributed by atoms with Crippen molar-refractivity contribution in [3.05, 3.63) is 35.4 Å². The zero-order valence-electron chi connectivity index (χ0n) is 8.55. The van der Waals surface area contributed by atoms with Gasteiger partial charge in [0.15, 0.2) is 23.3 Å². The predicted molar refractivity (Wildman–Crippen MR) is 53.9 cm³/mol. The fraction of sp³-hybridized carbons (Fsp3) is 0.200. The number of hydrogen-bond donors (Lipinski definition) is 0. The summed E-state index contributed by atoms with van der Waals surface area (Å²) in [5.74, 6) is -4.12. The zero-order valence-corrected chi connectivity index (χ0v) is 9.30. The van der Waals surface area contributed by atoms with Gasteiger partial charge in [-0.2, -0.15) is 4.98 Å². The lowest BCUT2D eigenvalue weighted by molar-refractivity contribution is 0.419. The molecule has 0 spiro atoms. The number of hydrogen-bond acceptors (Lipinski definition) is 3. The van der Waals surface area contributed by atoms with Gasteiger partial charge in [0.1, 0.15) is 0 Å². The Labute approximate surface area is 99.2 Å². The summed E-state index contributed by atoms with van der Waals surface area (Å²) >= 11 is 5.70. The Morgan fingerprint density at radius 2 is 1.82 bits per heavy atom. The van der Waals surface area contributed by atoms with Crippen molar-refractivity contribution >= 4 is 11.6 Å². The van der Waals surface area contributed by atoms with Gasteiger partial charge >= 0.3 is 0 Å². The number of rotatable bonds is 2. The average molecular weight is 263 g/mol. The smallest absolute Gasteiger partial charge is 0.258 e. The summed E-state index contributed by atoms with van der Waals surface area (Å²) in [5.41, 5.74) is -0.0440. The van der Waals surface area contributed by atoms with Crippen LogP contribution in [-0.2, 0) is 0 Å². The molecule has 1 aromatic heterocycles. The van der Waals surface area contributed by atoms with Gasteiger partial charge in [-0.25, -0.2) is 13.2 Å². The van der Waals surface area contributed by atoms with Gasteiger partial charge in [-0.15, -0.1) is 11.6 Å². The Morgan fingerprint density at radius 3 is 2.29 bits per heavy atom. The standard InChI is InChI=1S/C10H6ClF3N2O/c1-4(11)9-15-10(17-16-9)5-2-6(12)8(14)7(13)3-5/h2-4H,1H3. The third-order valence-electron chi connectivity index (χ3n) is 2.03. The second-order valence-electron chi connectivity index (χ2n) is 3.33. The van der Waals surface area contributed by atoms with Crippen LogP contribution in [0.5, 0.6) is 0 Å². The van der Waals surface area contributed by atoms with Crippen LogP contribution in [0.25, 0.3) is 11.5 Å². The van der Waals surface area contributed by atoms with Crippen molar-refractivity contribution in [3.63, 3.8) is 0 Å². The van der Waals surface area contributed by atoms with E-state index in [4.69, 9.17) is 16.1 Å². The molecule has 90 valence electrons. The third kappa shape index (κ3) is 2.26. The maximum Gasteiger partial charge on any atom is 0.258 e. The summed E-state index contributed by atoms with van der Waals surface area (Å²) in [6.45, 7) is 1.61. The summed E-state index contributed by atoms with van der Waals surface area (Å²) in [5, 5.41) is 3.02. The van der Waals surface area contributed by atoms with Crippen LogP contribution in [0.4, 0.5) is 13.2 Å². The van der Waals surface area contributed by atoms with E-state index in [0.717, 1.165) is 12.1 Å². The van der Waals surface area contributed by atoms with Crippen LogP contribution in [0, 0.1) is 17.5 Å². The van der Waals surface area contributed by atoms with Crippen molar-refractivity contribution in [2.75, 3.05) is 0 Å². The number of alkyl halides is 1. The van der Waals surface area contributed by atoms with Crippen molar-refractivity contribution in [1.82, 2.24) is 10.1 Å². The highest BCUT2D eigenvalue weighted by Crippen LogP contribution is 2.24. The van der Waals surface area contributed by atoms with E-state index in [9.17, 15) is 13.2 Å². The molecule has 0 bridgehead atoms. The Hall–Kier alpha value is -1.56. The highest BCUT2D eigenvalue weighted by Gasteiger charge is 2.17. The number of aromatic nitrogens is 2. The molecule has 2 aromatic rings. The average Bonchev–Trinajstić information content (AvgIpc) is 2.74. The summed E-state index contributed by atoms with van der Waals surface area (Å²) < 4.78 is 43.4. The van der Waals surface area contributed by atoms with E-state index in [1.54, 1.807) is 6.92 Å².